The van der Waals surface area contributed by atoms with Crippen LogP contribution in [0.2, 0.25) is 0 Å². The number of amides is 2. The summed E-state index contributed by atoms with van der Waals surface area (Å²) in [7, 11) is 4.20. The second-order valence-electron chi connectivity index (χ2n) is 6.28. The van der Waals surface area contributed by atoms with Crippen molar-refractivity contribution in [2.24, 2.45) is 0 Å². The van der Waals surface area contributed by atoms with Crippen LogP contribution in [0.3, 0.4) is 0 Å². The van der Waals surface area contributed by atoms with E-state index < -0.39 is 0 Å². The molecule has 1 saturated carbocycles. The lowest BCUT2D eigenvalue weighted by atomic mass is 10.2. The summed E-state index contributed by atoms with van der Waals surface area (Å²) in [5.74, 6) is 0.435. The van der Waals surface area contributed by atoms with E-state index in [9.17, 15) is 4.79 Å². The molecule has 1 aromatic heterocycles. The summed E-state index contributed by atoms with van der Waals surface area (Å²) < 4.78 is 0. The lowest BCUT2D eigenvalue weighted by Gasteiger charge is -2.19. The first-order chi connectivity index (χ1) is 9.95. The Morgan fingerprint density at radius 3 is 2.81 bits per heavy atom. The van der Waals surface area contributed by atoms with Crippen molar-refractivity contribution in [1.82, 2.24) is 20.5 Å². The van der Waals surface area contributed by atoms with Crippen LogP contribution in [-0.4, -0.2) is 42.1 Å². The van der Waals surface area contributed by atoms with E-state index in [-0.39, 0.29) is 6.03 Å². The minimum atomic E-state index is -0.0827. The molecule has 2 rings (SSSR count). The standard InChI is InChI=1S/C15H26N4OS/c1-10(2)13-9-21-14(18-13)8-16-15(20)17-11-5-6-12(7-11)19(3)4/h9-12H,5-8H2,1-4H3,(H2,16,17,20)/t11-,12-/m1/s1. The van der Waals surface area contributed by atoms with Crippen molar-refractivity contribution in [2.75, 3.05) is 14.1 Å². The number of carbonyl (C=O) groups is 1. The van der Waals surface area contributed by atoms with Gasteiger partial charge in [0.05, 0.1) is 12.2 Å². The summed E-state index contributed by atoms with van der Waals surface area (Å²) in [6.45, 7) is 4.76. The summed E-state index contributed by atoms with van der Waals surface area (Å²) in [6, 6.07) is 0.795. The van der Waals surface area contributed by atoms with Gasteiger partial charge in [-0.25, -0.2) is 9.78 Å². The van der Waals surface area contributed by atoms with Gasteiger partial charge in [0.1, 0.15) is 5.01 Å². The summed E-state index contributed by atoms with van der Waals surface area (Å²) >= 11 is 1.61. The summed E-state index contributed by atoms with van der Waals surface area (Å²) in [5.41, 5.74) is 1.10. The number of nitrogens with one attached hydrogen (secondary N) is 2. The smallest absolute Gasteiger partial charge is 0.315 e. The van der Waals surface area contributed by atoms with Crippen molar-refractivity contribution >= 4 is 17.4 Å². The third-order valence-electron chi connectivity index (χ3n) is 4.03. The first kappa shape index (κ1) is 16.2. The molecule has 6 heteroatoms. The molecule has 0 spiro atoms. The Kier molecular flexibility index (Phi) is 5.58. The molecule has 1 fully saturated rings. The second-order valence-corrected chi connectivity index (χ2v) is 7.22. The van der Waals surface area contributed by atoms with E-state index in [1.165, 1.54) is 0 Å². The quantitative estimate of drug-likeness (QED) is 0.879. The molecule has 2 atom stereocenters. The monoisotopic (exact) mass is 310 g/mol. The van der Waals surface area contributed by atoms with Gasteiger partial charge in [-0.1, -0.05) is 13.8 Å². The molecule has 118 valence electrons. The molecule has 21 heavy (non-hydrogen) atoms. The summed E-state index contributed by atoms with van der Waals surface area (Å²) in [6.07, 6.45) is 3.25. The lowest BCUT2D eigenvalue weighted by molar-refractivity contribution is 0.235. The van der Waals surface area contributed by atoms with Crippen LogP contribution in [0.4, 0.5) is 4.79 Å². The fourth-order valence-electron chi connectivity index (χ4n) is 2.62. The van der Waals surface area contributed by atoms with Crippen LogP contribution >= 0.6 is 11.3 Å². The van der Waals surface area contributed by atoms with E-state index in [1.807, 2.05) is 0 Å². The summed E-state index contributed by atoms with van der Waals surface area (Å²) in [5, 5.41) is 9.00. The number of rotatable bonds is 5. The van der Waals surface area contributed by atoms with Crippen LogP contribution in [0.25, 0.3) is 0 Å². The second kappa shape index (κ2) is 7.22. The Bertz CT molecular complexity index is 472. The molecule has 2 amide bonds. The Morgan fingerprint density at radius 2 is 2.24 bits per heavy atom. The molecular formula is C15H26N4OS. The zero-order valence-electron chi connectivity index (χ0n) is 13.3. The maximum Gasteiger partial charge on any atom is 0.315 e. The van der Waals surface area contributed by atoms with Crippen molar-refractivity contribution in [3.8, 4) is 0 Å². The zero-order valence-corrected chi connectivity index (χ0v) is 14.2. The lowest BCUT2D eigenvalue weighted by Crippen LogP contribution is -2.41. The minimum Gasteiger partial charge on any atom is -0.335 e. The van der Waals surface area contributed by atoms with Gasteiger partial charge >= 0.3 is 6.03 Å². The Morgan fingerprint density at radius 1 is 1.48 bits per heavy atom. The van der Waals surface area contributed by atoms with Gasteiger partial charge < -0.3 is 15.5 Å². The highest BCUT2D eigenvalue weighted by molar-refractivity contribution is 7.09. The SMILES string of the molecule is CC(C)c1csc(CNC(=O)N[C@@H]2CC[C@@H](N(C)C)C2)n1. The molecule has 0 radical (unpaired) electrons. The Balaban J connectivity index is 1.72. The van der Waals surface area contributed by atoms with Gasteiger partial charge in [-0.2, -0.15) is 0 Å². The van der Waals surface area contributed by atoms with Gasteiger partial charge in [-0.05, 0) is 39.3 Å². The van der Waals surface area contributed by atoms with Crippen LogP contribution in [0.15, 0.2) is 5.38 Å². The van der Waals surface area contributed by atoms with Crippen LogP contribution in [0.1, 0.15) is 49.7 Å². The molecule has 0 aromatic carbocycles. The Hall–Kier alpha value is -1.14. The van der Waals surface area contributed by atoms with Crippen molar-refractivity contribution in [3.63, 3.8) is 0 Å². The van der Waals surface area contributed by atoms with Crippen LogP contribution < -0.4 is 10.6 Å². The number of hydrogen-bond donors (Lipinski definition) is 2. The normalized spacial score (nSPS) is 22.0. The first-order valence-electron chi connectivity index (χ1n) is 7.60. The fraction of sp³-hybridized carbons (Fsp3) is 0.733. The average molecular weight is 310 g/mol. The molecule has 1 heterocycles. The number of aromatic nitrogens is 1. The van der Waals surface area contributed by atoms with Crippen molar-refractivity contribution < 1.29 is 4.79 Å². The molecule has 5 nitrogen and oxygen atoms in total. The molecule has 1 aliphatic carbocycles. The van der Waals surface area contributed by atoms with E-state index in [2.05, 4.69) is 53.8 Å². The summed E-state index contributed by atoms with van der Waals surface area (Å²) in [4.78, 5) is 18.7. The third-order valence-corrected chi connectivity index (χ3v) is 4.90. The Labute approximate surface area is 131 Å². The number of nitrogens with zero attached hydrogens (tertiary/aromatic N) is 2. The molecule has 1 aromatic rings. The van der Waals surface area contributed by atoms with Gasteiger partial charge in [-0.15, -0.1) is 11.3 Å². The minimum absolute atomic E-state index is 0.0827. The topological polar surface area (TPSA) is 57.3 Å². The largest absolute Gasteiger partial charge is 0.335 e. The fourth-order valence-corrected chi connectivity index (χ4v) is 3.52. The maximum atomic E-state index is 11.9. The molecule has 0 aliphatic heterocycles. The first-order valence-corrected chi connectivity index (χ1v) is 8.48. The maximum absolute atomic E-state index is 11.9. The molecule has 0 unspecified atom stereocenters. The number of thiazole rings is 1. The van der Waals surface area contributed by atoms with Crippen molar-refractivity contribution in [1.29, 1.82) is 0 Å². The number of carbonyl (C=O) groups excluding carboxylic acids is 1. The average Bonchev–Trinajstić information content (AvgIpc) is 3.05. The van der Waals surface area contributed by atoms with Crippen LogP contribution in [0.5, 0.6) is 0 Å². The van der Waals surface area contributed by atoms with E-state index >= 15 is 0 Å². The predicted octanol–water partition coefficient (Wildman–Crippen LogP) is 2.55. The molecule has 2 N–H and O–H groups in total. The number of hydrogen-bond acceptors (Lipinski definition) is 4. The van der Waals surface area contributed by atoms with Gasteiger partial charge in [0.25, 0.3) is 0 Å². The van der Waals surface area contributed by atoms with E-state index in [1.54, 1.807) is 11.3 Å². The van der Waals surface area contributed by atoms with E-state index in [0.717, 1.165) is 30.0 Å². The van der Waals surface area contributed by atoms with Gasteiger partial charge in [0, 0.05) is 17.5 Å². The predicted molar refractivity (Wildman–Crippen MR) is 86.7 cm³/mol. The van der Waals surface area contributed by atoms with Gasteiger partial charge in [0.15, 0.2) is 0 Å². The zero-order chi connectivity index (χ0) is 15.4. The number of urea groups is 1. The van der Waals surface area contributed by atoms with Gasteiger partial charge in [0.2, 0.25) is 0 Å². The van der Waals surface area contributed by atoms with E-state index in [4.69, 9.17) is 0 Å². The molecule has 0 saturated heterocycles. The highest BCUT2D eigenvalue weighted by atomic mass is 32.1. The third kappa shape index (κ3) is 4.68. The molecule has 0 bridgehead atoms. The van der Waals surface area contributed by atoms with Gasteiger partial charge in [-0.3, -0.25) is 0 Å². The molecule has 1 aliphatic rings. The molecular weight excluding hydrogens is 284 g/mol. The van der Waals surface area contributed by atoms with Crippen LogP contribution in [0, 0.1) is 0 Å². The van der Waals surface area contributed by atoms with E-state index in [0.29, 0.717) is 24.5 Å². The highest BCUT2D eigenvalue weighted by Gasteiger charge is 2.26. The van der Waals surface area contributed by atoms with Crippen molar-refractivity contribution in [3.05, 3.63) is 16.1 Å². The highest BCUT2D eigenvalue weighted by Crippen LogP contribution is 2.22. The van der Waals surface area contributed by atoms with Crippen LogP contribution in [-0.2, 0) is 6.54 Å². The van der Waals surface area contributed by atoms with Crippen molar-refractivity contribution in [2.45, 2.75) is 57.7 Å².